The number of aryl methyl sites for hydroxylation is 2. The number of benzene rings is 3. The van der Waals surface area contributed by atoms with Crippen molar-refractivity contribution in [3.63, 3.8) is 0 Å². The molecule has 38 heavy (non-hydrogen) atoms. The Kier molecular flexibility index (Phi) is 7.11. The largest absolute Gasteiger partial charge is 0.354 e. The van der Waals surface area contributed by atoms with Gasteiger partial charge in [0.15, 0.2) is 0 Å². The molecule has 4 aromatic rings. The second-order valence-electron chi connectivity index (χ2n) is 10.8. The molecule has 2 amide bonds. The van der Waals surface area contributed by atoms with E-state index in [1.165, 1.54) is 5.56 Å². The smallest absolute Gasteiger partial charge is 0.255 e. The average molecular weight is 508 g/mol. The number of hydrogen-bond donors (Lipinski definition) is 1. The van der Waals surface area contributed by atoms with E-state index < -0.39 is 6.04 Å². The lowest BCUT2D eigenvalue weighted by Crippen LogP contribution is -2.49. The molecule has 1 N–H and O–H groups in total. The first-order valence-corrected chi connectivity index (χ1v) is 13.7. The summed E-state index contributed by atoms with van der Waals surface area (Å²) in [6, 6.07) is 23.8. The van der Waals surface area contributed by atoms with Crippen LogP contribution in [0.1, 0.15) is 66.7 Å². The third-order valence-corrected chi connectivity index (χ3v) is 7.63. The van der Waals surface area contributed by atoms with E-state index in [2.05, 4.69) is 92.3 Å². The van der Waals surface area contributed by atoms with Crippen LogP contribution in [0.15, 0.2) is 72.8 Å². The Bertz CT molecular complexity index is 1480. The van der Waals surface area contributed by atoms with Crippen LogP contribution in [-0.2, 0) is 11.8 Å². The van der Waals surface area contributed by atoms with Gasteiger partial charge in [-0.15, -0.1) is 0 Å². The number of carbonyl (C=O) groups is 2. The molecule has 0 fully saturated rings. The molecule has 0 saturated carbocycles. The van der Waals surface area contributed by atoms with Gasteiger partial charge in [-0.1, -0.05) is 87.0 Å². The molecule has 0 bridgehead atoms. The standard InChI is InChI=1S/C33H37N3O2/c1-6-19-34-32(37)28(20-21(2)3)36-31(24-11-7-8-12-25(24)33(36)38)29-26-13-9-10-14-27(26)35(5)30(29)23-17-15-22(4)16-18-23/h7-18,21,28,31H,6,19-20H2,1-5H3,(H,34,37). The van der Waals surface area contributed by atoms with Gasteiger partial charge < -0.3 is 14.8 Å². The molecule has 1 aromatic heterocycles. The molecule has 0 spiro atoms. The number of fused-ring (bicyclic) bond motifs is 2. The first-order valence-electron chi connectivity index (χ1n) is 13.7. The summed E-state index contributed by atoms with van der Waals surface area (Å²) in [5.74, 6) is 0.0862. The quantitative estimate of drug-likeness (QED) is 0.291. The zero-order valence-electron chi connectivity index (χ0n) is 23.0. The molecule has 1 aliphatic heterocycles. The van der Waals surface area contributed by atoms with Gasteiger partial charge in [-0.05, 0) is 48.9 Å². The minimum atomic E-state index is -0.573. The Morgan fingerprint density at radius 2 is 1.66 bits per heavy atom. The van der Waals surface area contributed by atoms with Gasteiger partial charge in [0.2, 0.25) is 5.91 Å². The first kappa shape index (κ1) is 25.8. The van der Waals surface area contributed by atoms with Crippen molar-refractivity contribution in [3.8, 4) is 11.3 Å². The van der Waals surface area contributed by atoms with E-state index in [0.717, 1.165) is 39.7 Å². The zero-order chi connectivity index (χ0) is 27.0. The van der Waals surface area contributed by atoms with Gasteiger partial charge in [-0.3, -0.25) is 9.59 Å². The van der Waals surface area contributed by atoms with Crippen molar-refractivity contribution in [2.24, 2.45) is 13.0 Å². The summed E-state index contributed by atoms with van der Waals surface area (Å²) in [6.07, 6.45) is 1.44. The average Bonchev–Trinajstić information content (AvgIpc) is 3.37. The molecule has 1 aliphatic rings. The van der Waals surface area contributed by atoms with Gasteiger partial charge >= 0.3 is 0 Å². The van der Waals surface area contributed by atoms with Gasteiger partial charge in [-0.2, -0.15) is 0 Å². The van der Waals surface area contributed by atoms with Crippen LogP contribution in [0.3, 0.4) is 0 Å². The fourth-order valence-electron chi connectivity index (χ4n) is 5.87. The predicted octanol–water partition coefficient (Wildman–Crippen LogP) is 6.64. The van der Waals surface area contributed by atoms with Crippen molar-refractivity contribution in [3.05, 3.63) is 95.1 Å². The lowest BCUT2D eigenvalue weighted by atomic mass is 9.91. The second kappa shape index (κ2) is 10.5. The number of amides is 2. The van der Waals surface area contributed by atoms with Gasteiger partial charge in [-0.25, -0.2) is 0 Å². The summed E-state index contributed by atoms with van der Waals surface area (Å²) in [7, 11) is 2.09. The van der Waals surface area contributed by atoms with E-state index in [-0.39, 0.29) is 23.8 Å². The molecule has 196 valence electrons. The second-order valence-corrected chi connectivity index (χ2v) is 10.8. The highest BCUT2D eigenvalue weighted by molar-refractivity contribution is 6.04. The van der Waals surface area contributed by atoms with E-state index >= 15 is 0 Å². The molecule has 5 heteroatoms. The van der Waals surface area contributed by atoms with E-state index in [0.29, 0.717) is 18.5 Å². The summed E-state index contributed by atoms with van der Waals surface area (Å²) >= 11 is 0. The number of hydrogen-bond acceptors (Lipinski definition) is 2. The van der Waals surface area contributed by atoms with Gasteiger partial charge in [0.25, 0.3) is 5.91 Å². The third-order valence-electron chi connectivity index (χ3n) is 7.63. The molecule has 0 saturated heterocycles. The summed E-state index contributed by atoms with van der Waals surface area (Å²) in [5.41, 5.74) is 7.17. The minimum absolute atomic E-state index is 0.0781. The molecule has 3 aromatic carbocycles. The molecule has 0 radical (unpaired) electrons. The SMILES string of the molecule is CCCNC(=O)C(CC(C)C)N1C(=O)c2ccccc2C1c1c(-c2ccc(C)cc2)n(C)c2ccccc12. The third kappa shape index (κ3) is 4.40. The van der Waals surface area contributed by atoms with E-state index in [1.807, 2.05) is 30.0 Å². The van der Waals surface area contributed by atoms with Crippen LogP contribution in [0.2, 0.25) is 0 Å². The Balaban J connectivity index is 1.79. The minimum Gasteiger partial charge on any atom is -0.354 e. The maximum atomic E-state index is 14.2. The van der Waals surface area contributed by atoms with Crippen LogP contribution in [0, 0.1) is 12.8 Å². The maximum absolute atomic E-state index is 14.2. The lowest BCUT2D eigenvalue weighted by Gasteiger charge is -2.34. The Hall–Kier alpha value is -3.86. The number of carbonyl (C=O) groups excluding carboxylic acids is 2. The van der Waals surface area contributed by atoms with Crippen molar-refractivity contribution < 1.29 is 9.59 Å². The number of nitrogens with one attached hydrogen (secondary N) is 1. The summed E-state index contributed by atoms with van der Waals surface area (Å²) in [4.78, 5) is 29.7. The van der Waals surface area contributed by atoms with Crippen LogP contribution in [0.25, 0.3) is 22.2 Å². The molecule has 0 aliphatic carbocycles. The molecule has 5 rings (SSSR count). The normalized spacial score (nSPS) is 15.8. The Morgan fingerprint density at radius 1 is 0.974 bits per heavy atom. The van der Waals surface area contributed by atoms with E-state index in [9.17, 15) is 9.59 Å². The van der Waals surface area contributed by atoms with Gasteiger partial charge in [0.1, 0.15) is 6.04 Å². The highest BCUT2D eigenvalue weighted by Crippen LogP contribution is 2.47. The summed E-state index contributed by atoms with van der Waals surface area (Å²) in [6.45, 7) is 8.94. The number of nitrogens with zero attached hydrogens (tertiary/aromatic N) is 2. The highest BCUT2D eigenvalue weighted by Gasteiger charge is 2.46. The molecule has 2 unspecified atom stereocenters. The number of para-hydroxylation sites is 1. The van der Waals surface area contributed by atoms with Crippen LogP contribution >= 0.6 is 0 Å². The maximum Gasteiger partial charge on any atom is 0.255 e. The molecular formula is C33H37N3O2. The zero-order valence-corrected chi connectivity index (χ0v) is 23.0. The fourth-order valence-corrected chi connectivity index (χ4v) is 5.87. The first-order chi connectivity index (χ1) is 18.3. The topological polar surface area (TPSA) is 54.3 Å². The summed E-state index contributed by atoms with van der Waals surface area (Å²) in [5, 5.41) is 4.19. The highest BCUT2D eigenvalue weighted by atomic mass is 16.2. The summed E-state index contributed by atoms with van der Waals surface area (Å²) < 4.78 is 2.23. The molecular weight excluding hydrogens is 470 g/mol. The Morgan fingerprint density at radius 3 is 2.37 bits per heavy atom. The van der Waals surface area contributed by atoms with Crippen LogP contribution in [0.5, 0.6) is 0 Å². The number of rotatable bonds is 8. The number of aromatic nitrogens is 1. The monoisotopic (exact) mass is 507 g/mol. The van der Waals surface area contributed by atoms with Gasteiger partial charge in [0.05, 0.1) is 11.7 Å². The van der Waals surface area contributed by atoms with Crippen LogP contribution in [0.4, 0.5) is 0 Å². The van der Waals surface area contributed by atoms with Crippen molar-refractivity contribution in [2.75, 3.05) is 6.54 Å². The van der Waals surface area contributed by atoms with Gasteiger partial charge in [0, 0.05) is 35.6 Å². The van der Waals surface area contributed by atoms with Crippen molar-refractivity contribution >= 4 is 22.7 Å². The fraction of sp³-hybridized carbons (Fsp3) is 0.333. The predicted molar refractivity (Wildman–Crippen MR) is 154 cm³/mol. The van der Waals surface area contributed by atoms with E-state index in [1.54, 1.807) is 0 Å². The molecule has 5 nitrogen and oxygen atoms in total. The van der Waals surface area contributed by atoms with E-state index in [4.69, 9.17) is 0 Å². The van der Waals surface area contributed by atoms with Crippen molar-refractivity contribution in [1.82, 2.24) is 14.8 Å². The van der Waals surface area contributed by atoms with Crippen molar-refractivity contribution in [2.45, 2.75) is 52.6 Å². The molecule has 2 heterocycles. The lowest BCUT2D eigenvalue weighted by molar-refractivity contribution is -0.126. The van der Waals surface area contributed by atoms with Crippen LogP contribution < -0.4 is 5.32 Å². The van der Waals surface area contributed by atoms with Crippen LogP contribution in [-0.4, -0.2) is 33.9 Å². The Labute approximate surface area is 225 Å². The van der Waals surface area contributed by atoms with Crippen molar-refractivity contribution in [1.29, 1.82) is 0 Å². The molecule has 2 atom stereocenters.